The number of aryl methyl sites for hydroxylation is 2. The first-order chi connectivity index (χ1) is 13.5. The summed E-state index contributed by atoms with van der Waals surface area (Å²) in [6.07, 6.45) is 0.812. The summed E-state index contributed by atoms with van der Waals surface area (Å²) in [5, 5.41) is 33.7. The molecule has 6 nitrogen and oxygen atoms in total. The molecule has 1 amide bonds. The fourth-order valence-corrected chi connectivity index (χ4v) is 3.80. The number of rotatable bonds is 5. The molecular weight excluding hydrogens is 356 g/mol. The lowest BCUT2D eigenvalue weighted by Crippen LogP contribution is -2.33. The maximum absolute atomic E-state index is 12.7. The summed E-state index contributed by atoms with van der Waals surface area (Å²) in [5.41, 5.74) is 3.12. The number of benzene rings is 2. The van der Waals surface area contributed by atoms with Gasteiger partial charge in [-0.3, -0.25) is 4.79 Å². The highest BCUT2D eigenvalue weighted by Crippen LogP contribution is 2.35. The number of carbonyl (C=O) groups excluding carboxylic acids is 1. The number of fused-ring (bicyclic) bond motifs is 1. The molecule has 0 unspecified atom stereocenters. The van der Waals surface area contributed by atoms with Crippen molar-refractivity contribution < 1.29 is 20.1 Å². The number of aromatic hydroxyl groups is 2. The fourth-order valence-electron chi connectivity index (χ4n) is 3.80. The van der Waals surface area contributed by atoms with Crippen LogP contribution in [-0.2, 0) is 19.3 Å². The summed E-state index contributed by atoms with van der Waals surface area (Å²) in [7, 11) is 0. The molecule has 0 saturated heterocycles. The maximum Gasteiger partial charge on any atom is 0.261 e. The maximum atomic E-state index is 12.7. The third-order valence-corrected chi connectivity index (χ3v) is 5.25. The van der Waals surface area contributed by atoms with Crippen molar-refractivity contribution in [3.63, 3.8) is 0 Å². The Balaban J connectivity index is 1.51. The van der Waals surface area contributed by atoms with Crippen LogP contribution in [0.3, 0.4) is 0 Å². The van der Waals surface area contributed by atoms with Crippen molar-refractivity contribution in [2.45, 2.75) is 31.4 Å². The minimum Gasteiger partial charge on any atom is -0.505 e. The van der Waals surface area contributed by atoms with Gasteiger partial charge >= 0.3 is 0 Å². The van der Waals surface area contributed by atoms with E-state index >= 15 is 0 Å². The van der Waals surface area contributed by atoms with Crippen LogP contribution in [0.4, 0.5) is 0 Å². The lowest BCUT2D eigenvalue weighted by Gasteiger charge is -2.17. The van der Waals surface area contributed by atoms with Gasteiger partial charge in [0, 0.05) is 6.42 Å². The number of hydrogen-bond acceptors (Lipinski definition) is 4. The van der Waals surface area contributed by atoms with E-state index in [-0.39, 0.29) is 17.2 Å². The van der Waals surface area contributed by atoms with E-state index in [2.05, 4.69) is 10.3 Å². The number of H-pyrrole nitrogens is 1. The molecule has 1 aromatic heterocycles. The summed E-state index contributed by atoms with van der Waals surface area (Å²) in [5.74, 6) is -1.26. The van der Waals surface area contributed by atoms with Crippen molar-refractivity contribution in [2.24, 2.45) is 0 Å². The van der Waals surface area contributed by atoms with Crippen LogP contribution in [-0.4, -0.2) is 32.3 Å². The molecule has 1 heterocycles. The van der Waals surface area contributed by atoms with Crippen molar-refractivity contribution in [3.05, 3.63) is 82.5 Å². The van der Waals surface area contributed by atoms with Gasteiger partial charge in [0.1, 0.15) is 5.56 Å². The van der Waals surface area contributed by atoms with E-state index in [4.69, 9.17) is 0 Å². The smallest absolute Gasteiger partial charge is 0.261 e. The van der Waals surface area contributed by atoms with Crippen LogP contribution in [0.1, 0.15) is 38.8 Å². The molecule has 0 aliphatic heterocycles. The van der Waals surface area contributed by atoms with Crippen molar-refractivity contribution in [3.8, 4) is 11.6 Å². The number of aliphatic hydroxyl groups is 1. The Morgan fingerprint density at radius 2 is 1.75 bits per heavy atom. The number of nitrogens with one attached hydrogen (secondary N) is 2. The third-order valence-electron chi connectivity index (χ3n) is 5.25. The molecule has 5 N–H and O–H groups in total. The van der Waals surface area contributed by atoms with Gasteiger partial charge in [-0.05, 0) is 29.5 Å². The van der Waals surface area contributed by atoms with Crippen LogP contribution in [0.2, 0.25) is 0 Å². The lowest BCUT2D eigenvalue weighted by atomic mass is 10.1. The molecule has 0 bridgehead atoms. The zero-order valence-electron chi connectivity index (χ0n) is 15.2. The number of amides is 1. The number of aliphatic hydroxyl groups excluding tert-OH is 1. The van der Waals surface area contributed by atoms with Crippen molar-refractivity contribution in [1.29, 1.82) is 0 Å². The van der Waals surface area contributed by atoms with Gasteiger partial charge in [-0.15, -0.1) is 0 Å². The number of aromatic amines is 1. The monoisotopic (exact) mass is 378 g/mol. The van der Waals surface area contributed by atoms with Gasteiger partial charge in [0.2, 0.25) is 5.88 Å². The van der Waals surface area contributed by atoms with Gasteiger partial charge in [0.25, 0.3) is 5.91 Å². The lowest BCUT2D eigenvalue weighted by molar-refractivity contribution is 0.0853. The predicted molar refractivity (Wildman–Crippen MR) is 104 cm³/mol. The van der Waals surface area contributed by atoms with Crippen LogP contribution in [0.15, 0.2) is 54.6 Å². The Hall–Kier alpha value is -3.25. The molecule has 1 aliphatic carbocycles. The average molecular weight is 378 g/mol. The molecule has 2 atom stereocenters. The quantitative estimate of drug-likeness (QED) is 0.471. The highest BCUT2D eigenvalue weighted by atomic mass is 16.3. The van der Waals surface area contributed by atoms with Crippen molar-refractivity contribution in [2.75, 3.05) is 0 Å². The Labute approximate surface area is 162 Å². The van der Waals surface area contributed by atoms with E-state index in [1.54, 1.807) is 0 Å². The number of carbonyl (C=O) groups is 1. The topological polar surface area (TPSA) is 106 Å². The molecule has 0 saturated carbocycles. The molecule has 6 heteroatoms. The second-order valence-corrected chi connectivity index (χ2v) is 7.08. The molecule has 0 spiro atoms. The van der Waals surface area contributed by atoms with Crippen molar-refractivity contribution >= 4 is 5.91 Å². The number of aromatic nitrogens is 1. The van der Waals surface area contributed by atoms with Gasteiger partial charge in [0.05, 0.1) is 17.8 Å². The molecule has 144 valence electrons. The van der Waals surface area contributed by atoms with E-state index in [1.165, 1.54) is 0 Å². The first kappa shape index (κ1) is 18.1. The Morgan fingerprint density at radius 1 is 1.04 bits per heavy atom. The van der Waals surface area contributed by atoms with Crippen LogP contribution >= 0.6 is 0 Å². The SMILES string of the molecule is O=C(N[C@H]1c2ccccc2C[C@@H]1O)c1c(O)[nH]c(CCc2ccccc2)c1O. The van der Waals surface area contributed by atoms with Gasteiger partial charge in [0.15, 0.2) is 5.75 Å². The van der Waals surface area contributed by atoms with Crippen LogP contribution in [0, 0.1) is 0 Å². The molecule has 0 radical (unpaired) electrons. The summed E-state index contributed by atoms with van der Waals surface area (Å²) < 4.78 is 0. The van der Waals surface area contributed by atoms with Gasteiger partial charge in [-0.25, -0.2) is 0 Å². The fraction of sp³-hybridized carbons (Fsp3) is 0.227. The predicted octanol–water partition coefficient (Wildman–Crippen LogP) is 2.60. The summed E-state index contributed by atoms with van der Waals surface area (Å²) in [6, 6.07) is 16.7. The largest absolute Gasteiger partial charge is 0.505 e. The highest BCUT2D eigenvalue weighted by Gasteiger charge is 2.34. The molecule has 28 heavy (non-hydrogen) atoms. The summed E-state index contributed by atoms with van der Waals surface area (Å²) in [6.45, 7) is 0. The van der Waals surface area contributed by atoms with Gasteiger partial charge < -0.3 is 25.6 Å². The molecule has 1 aliphatic rings. The second kappa shape index (κ2) is 7.40. The molecule has 0 fully saturated rings. The first-order valence-corrected chi connectivity index (χ1v) is 9.28. The Morgan fingerprint density at radius 3 is 2.54 bits per heavy atom. The van der Waals surface area contributed by atoms with E-state index in [1.807, 2.05) is 54.6 Å². The van der Waals surface area contributed by atoms with Crippen LogP contribution in [0.25, 0.3) is 0 Å². The molecule has 4 rings (SSSR count). The van der Waals surface area contributed by atoms with Crippen LogP contribution in [0.5, 0.6) is 11.6 Å². The summed E-state index contributed by atoms with van der Waals surface area (Å²) >= 11 is 0. The zero-order chi connectivity index (χ0) is 19.7. The minimum atomic E-state index is -0.748. The number of hydrogen-bond donors (Lipinski definition) is 5. The van der Waals surface area contributed by atoms with Crippen LogP contribution < -0.4 is 5.32 Å². The minimum absolute atomic E-state index is 0.195. The summed E-state index contributed by atoms with van der Waals surface area (Å²) in [4.78, 5) is 15.4. The Kier molecular flexibility index (Phi) is 4.79. The van der Waals surface area contributed by atoms with E-state index in [0.717, 1.165) is 16.7 Å². The van der Waals surface area contributed by atoms with E-state index < -0.39 is 18.1 Å². The van der Waals surface area contributed by atoms with E-state index in [9.17, 15) is 20.1 Å². The Bertz CT molecular complexity index is 997. The third kappa shape index (κ3) is 3.34. The van der Waals surface area contributed by atoms with E-state index in [0.29, 0.717) is 25.0 Å². The first-order valence-electron chi connectivity index (χ1n) is 9.28. The standard InChI is InChI=1S/C22H22N2O4/c25-17-12-14-8-4-5-9-15(14)19(17)24-22(28)18-20(26)16(23-21(18)27)11-10-13-6-2-1-3-7-13/h1-9,17,19,23,25-27H,10-12H2,(H,24,28)/t17-,19-/m0/s1. The second-order valence-electron chi connectivity index (χ2n) is 7.08. The molecule has 3 aromatic rings. The van der Waals surface area contributed by atoms with Gasteiger partial charge in [-0.2, -0.15) is 0 Å². The average Bonchev–Trinajstić information content (AvgIpc) is 3.16. The zero-order valence-corrected chi connectivity index (χ0v) is 15.2. The molecular formula is C22H22N2O4. The molecule has 2 aromatic carbocycles. The highest BCUT2D eigenvalue weighted by molar-refractivity contribution is 6.00. The normalized spacial score (nSPS) is 18.0. The van der Waals surface area contributed by atoms with Gasteiger partial charge in [-0.1, -0.05) is 54.6 Å². The van der Waals surface area contributed by atoms with Crippen molar-refractivity contribution in [1.82, 2.24) is 10.3 Å².